The zero-order valence-corrected chi connectivity index (χ0v) is 16.8. The van der Waals surface area contributed by atoms with Crippen LogP contribution in [0.3, 0.4) is 0 Å². The first-order valence-electron chi connectivity index (χ1n) is 9.86. The minimum atomic E-state index is -0.209. The number of carbonyl (C=O) groups excluding carboxylic acids is 1. The highest BCUT2D eigenvalue weighted by molar-refractivity contribution is 5.78. The van der Waals surface area contributed by atoms with E-state index in [1.165, 1.54) is 0 Å². The molecule has 1 fully saturated rings. The van der Waals surface area contributed by atoms with Crippen molar-refractivity contribution in [3.05, 3.63) is 64.7 Å². The van der Waals surface area contributed by atoms with Crippen LogP contribution in [0.25, 0.3) is 10.9 Å². The molecular formula is C22H24N4O4. The molecule has 0 aliphatic carbocycles. The van der Waals surface area contributed by atoms with Gasteiger partial charge in [0.05, 0.1) is 18.0 Å². The maximum Gasteiger partial charge on any atom is 0.258 e. The zero-order chi connectivity index (χ0) is 20.9. The van der Waals surface area contributed by atoms with Crippen LogP contribution in [0.5, 0.6) is 5.75 Å². The van der Waals surface area contributed by atoms with E-state index < -0.39 is 0 Å². The van der Waals surface area contributed by atoms with Crippen LogP contribution in [0.2, 0.25) is 0 Å². The van der Waals surface area contributed by atoms with E-state index in [0.29, 0.717) is 29.8 Å². The van der Waals surface area contributed by atoms with Crippen LogP contribution in [0.15, 0.2) is 53.3 Å². The Morgan fingerprint density at radius 3 is 2.70 bits per heavy atom. The molecule has 1 aliphatic rings. The van der Waals surface area contributed by atoms with Crippen LogP contribution in [-0.4, -0.2) is 60.7 Å². The van der Waals surface area contributed by atoms with Gasteiger partial charge in [-0.2, -0.15) is 0 Å². The largest absolute Gasteiger partial charge is 0.497 e. The summed E-state index contributed by atoms with van der Waals surface area (Å²) < 4.78 is 10.8. The fourth-order valence-corrected chi connectivity index (χ4v) is 3.55. The van der Waals surface area contributed by atoms with E-state index >= 15 is 0 Å². The highest BCUT2D eigenvalue weighted by atomic mass is 16.5. The molecule has 1 saturated heterocycles. The maximum atomic E-state index is 12.5. The molecule has 1 amide bonds. The van der Waals surface area contributed by atoms with E-state index in [0.717, 1.165) is 24.5 Å². The highest BCUT2D eigenvalue weighted by Gasteiger charge is 2.21. The Morgan fingerprint density at radius 1 is 1.10 bits per heavy atom. The molecule has 8 heteroatoms. The third-order valence-corrected chi connectivity index (χ3v) is 5.18. The van der Waals surface area contributed by atoms with Gasteiger partial charge in [-0.3, -0.25) is 9.59 Å². The number of ether oxygens (including phenoxy) is 2. The second kappa shape index (κ2) is 8.96. The van der Waals surface area contributed by atoms with Crippen molar-refractivity contribution >= 4 is 22.5 Å². The molecule has 0 bridgehead atoms. The molecule has 0 radical (unpaired) electrons. The third-order valence-electron chi connectivity index (χ3n) is 5.18. The summed E-state index contributed by atoms with van der Waals surface area (Å²) in [5, 5.41) is 0.534. The number of H-pyrrole nitrogens is 1. The molecule has 0 atom stereocenters. The number of benzene rings is 2. The lowest BCUT2D eigenvalue weighted by Gasteiger charge is -2.36. The number of piperazine rings is 1. The summed E-state index contributed by atoms with van der Waals surface area (Å²) in [5.41, 5.74) is 1.49. The topological polar surface area (TPSA) is 87.8 Å². The summed E-state index contributed by atoms with van der Waals surface area (Å²) in [6.45, 7) is 2.79. The smallest absolute Gasteiger partial charge is 0.258 e. The Hall–Kier alpha value is -3.39. The molecule has 0 unspecified atom stereocenters. The van der Waals surface area contributed by atoms with Crippen LogP contribution in [-0.2, 0) is 16.1 Å². The minimum Gasteiger partial charge on any atom is -0.497 e. The van der Waals surface area contributed by atoms with Crippen LogP contribution in [0, 0.1) is 0 Å². The average Bonchev–Trinajstić information content (AvgIpc) is 2.79. The van der Waals surface area contributed by atoms with Gasteiger partial charge in [0.25, 0.3) is 5.56 Å². The van der Waals surface area contributed by atoms with Gasteiger partial charge in [-0.25, -0.2) is 4.98 Å². The number of carbonyl (C=O) groups is 1. The molecule has 3 aromatic rings. The van der Waals surface area contributed by atoms with Gasteiger partial charge in [-0.1, -0.05) is 18.2 Å². The number of aromatic nitrogens is 2. The van der Waals surface area contributed by atoms with E-state index in [-0.39, 0.29) is 24.7 Å². The molecule has 8 nitrogen and oxygen atoms in total. The maximum absolute atomic E-state index is 12.5. The van der Waals surface area contributed by atoms with Gasteiger partial charge in [-0.05, 0) is 24.3 Å². The summed E-state index contributed by atoms with van der Waals surface area (Å²) in [4.78, 5) is 35.7. The fourth-order valence-electron chi connectivity index (χ4n) is 3.55. The number of rotatable bonds is 6. The summed E-state index contributed by atoms with van der Waals surface area (Å²) in [6.07, 6.45) is 0. The lowest BCUT2D eigenvalue weighted by molar-refractivity contribution is -0.136. The van der Waals surface area contributed by atoms with Crippen LogP contribution >= 0.6 is 0 Å². The van der Waals surface area contributed by atoms with Crippen molar-refractivity contribution in [2.45, 2.75) is 6.61 Å². The van der Waals surface area contributed by atoms with Crippen molar-refractivity contribution in [3.63, 3.8) is 0 Å². The lowest BCUT2D eigenvalue weighted by Crippen LogP contribution is -2.49. The average molecular weight is 408 g/mol. The first-order chi connectivity index (χ1) is 14.6. The van der Waals surface area contributed by atoms with Crippen LogP contribution < -0.4 is 15.2 Å². The molecule has 1 N–H and O–H groups in total. The van der Waals surface area contributed by atoms with Gasteiger partial charge >= 0.3 is 0 Å². The molecule has 2 heterocycles. The van der Waals surface area contributed by atoms with E-state index in [2.05, 4.69) is 14.9 Å². The molecule has 0 saturated carbocycles. The number of nitrogens with zero attached hydrogens (tertiary/aromatic N) is 3. The predicted octanol–water partition coefficient (Wildman–Crippen LogP) is 1.80. The second-order valence-electron chi connectivity index (χ2n) is 7.09. The number of aromatic amines is 1. The quantitative estimate of drug-likeness (QED) is 0.669. The van der Waals surface area contributed by atoms with E-state index in [4.69, 9.17) is 9.47 Å². The van der Waals surface area contributed by atoms with E-state index in [1.807, 2.05) is 30.3 Å². The monoisotopic (exact) mass is 408 g/mol. The molecule has 2 aromatic carbocycles. The van der Waals surface area contributed by atoms with Crippen molar-refractivity contribution in [1.29, 1.82) is 0 Å². The number of hydrogen-bond donors (Lipinski definition) is 1. The van der Waals surface area contributed by atoms with Crippen molar-refractivity contribution in [3.8, 4) is 5.75 Å². The third kappa shape index (κ3) is 4.44. The van der Waals surface area contributed by atoms with Gasteiger partial charge in [0.2, 0.25) is 5.91 Å². The first kappa shape index (κ1) is 19.9. The van der Waals surface area contributed by atoms with Crippen molar-refractivity contribution in [2.75, 3.05) is 44.8 Å². The van der Waals surface area contributed by atoms with Gasteiger partial charge in [0.1, 0.15) is 24.8 Å². The number of anilines is 1. The minimum absolute atomic E-state index is 0.0459. The first-order valence-corrected chi connectivity index (χ1v) is 9.86. The summed E-state index contributed by atoms with van der Waals surface area (Å²) in [7, 11) is 1.65. The molecule has 30 heavy (non-hydrogen) atoms. The molecule has 1 aliphatic heterocycles. The fraction of sp³-hybridized carbons (Fsp3) is 0.318. The predicted molar refractivity (Wildman–Crippen MR) is 114 cm³/mol. The molecule has 4 rings (SSSR count). The Bertz CT molecular complexity index is 1090. The lowest BCUT2D eigenvalue weighted by atomic mass is 10.2. The normalized spacial score (nSPS) is 14.2. The Kier molecular flexibility index (Phi) is 5.94. The van der Waals surface area contributed by atoms with Crippen molar-refractivity contribution < 1.29 is 14.3 Å². The highest BCUT2D eigenvalue weighted by Crippen LogP contribution is 2.22. The number of para-hydroxylation sites is 1. The Labute approximate surface area is 174 Å². The van der Waals surface area contributed by atoms with Gasteiger partial charge in [0, 0.05) is 37.9 Å². The van der Waals surface area contributed by atoms with Crippen LogP contribution in [0.4, 0.5) is 5.69 Å². The number of methoxy groups -OCH3 is 1. The summed E-state index contributed by atoms with van der Waals surface area (Å²) in [6, 6.07) is 15.0. The van der Waals surface area contributed by atoms with E-state index in [1.54, 1.807) is 30.2 Å². The molecule has 156 valence electrons. The standard InChI is InChI=1S/C22H24N4O4/c1-29-17-6-4-5-16(13-17)25-9-11-26(12-10-25)21(27)15-30-14-20-23-19-8-3-2-7-18(19)22(28)24-20/h2-8,13H,9-12,14-15H2,1H3,(H,23,24,28). The van der Waals surface area contributed by atoms with E-state index in [9.17, 15) is 9.59 Å². The molecule has 1 aromatic heterocycles. The van der Waals surface area contributed by atoms with Gasteiger partial charge < -0.3 is 24.3 Å². The van der Waals surface area contributed by atoms with Crippen molar-refractivity contribution in [2.24, 2.45) is 0 Å². The number of fused-ring (bicyclic) bond motifs is 1. The van der Waals surface area contributed by atoms with Gasteiger partial charge in [0.15, 0.2) is 0 Å². The second-order valence-corrected chi connectivity index (χ2v) is 7.09. The Balaban J connectivity index is 1.28. The van der Waals surface area contributed by atoms with Crippen molar-refractivity contribution in [1.82, 2.24) is 14.9 Å². The number of amides is 1. The summed E-state index contributed by atoms with van der Waals surface area (Å²) in [5.74, 6) is 1.16. The number of hydrogen-bond acceptors (Lipinski definition) is 6. The molecular weight excluding hydrogens is 384 g/mol. The molecule has 0 spiro atoms. The SMILES string of the molecule is COc1cccc(N2CCN(C(=O)COCc3nc4ccccc4c(=O)[nH]3)CC2)c1. The zero-order valence-electron chi connectivity index (χ0n) is 16.8. The summed E-state index contributed by atoms with van der Waals surface area (Å²) >= 11 is 0. The van der Waals surface area contributed by atoms with Gasteiger partial charge in [-0.15, -0.1) is 0 Å². The Morgan fingerprint density at radius 2 is 1.90 bits per heavy atom. The number of nitrogens with one attached hydrogen (secondary N) is 1. The van der Waals surface area contributed by atoms with Crippen LogP contribution in [0.1, 0.15) is 5.82 Å².